The molecule has 0 aliphatic heterocycles. The first-order valence-corrected chi connectivity index (χ1v) is 9.37. The largest absolute Gasteiger partial charge is 0.454 e. The number of halogens is 2. The minimum Gasteiger partial charge on any atom is -0.454 e. The molecule has 0 atom stereocenters. The normalized spacial score (nSPS) is 10.7. The van der Waals surface area contributed by atoms with E-state index in [9.17, 15) is 23.6 Å². The standard InChI is InChI=1S/C21H17ClFN3O5/c1-25-19(28)17(18(24)26(21(25)30)10-12-5-3-2-4-6-12)16(27)11-31-20(29)14-8-7-13(23)9-15(14)22/h2-9H,10-11,24H2,1H3. The zero-order valence-corrected chi connectivity index (χ0v) is 17.1. The Kier molecular flexibility index (Phi) is 6.36. The number of hydrogen-bond acceptors (Lipinski definition) is 6. The van der Waals surface area contributed by atoms with Crippen molar-refractivity contribution in [3.8, 4) is 0 Å². The lowest BCUT2D eigenvalue weighted by Crippen LogP contribution is -2.43. The van der Waals surface area contributed by atoms with Gasteiger partial charge in [0.25, 0.3) is 5.56 Å². The Hall–Kier alpha value is -3.72. The molecule has 0 aliphatic carbocycles. The maximum absolute atomic E-state index is 13.1. The number of ketones is 1. The second kappa shape index (κ2) is 8.97. The van der Waals surface area contributed by atoms with Crippen LogP contribution in [0.15, 0.2) is 58.1 Å². The van der Waals surface area contributed by atoms with Crippen LogP contribution in [0.1, 0.15) is 26.3 Å². The highest BCUT2D eigenvalue weighted by atomic mass is 35.5. The fourth-order valence-corrected chi connectivity index (χ4v) is 3.14. The monoisotopic (exact) mass is 445 g/mol. The van der Waals surface area contributed by atoms with Gasteiger partial charge >= 0.3 is 11.7 Å². The Balaban J connectivity index is 1.89. The lowest BCUT2D eigenvalue weighted by atomic mass is 10.1. The van der Waals surface area contributed by atoms with E-state index in [1.54, 1.807) is 30.3 Å². The fraction of sp³-hybridized carbons (Fsp3) is 0.143. The van der Waals surface area contributed by atoms with Gasteiger partial charge in [-0.15, -0.1) is 0 Å². The number of hydrogen-bond donors (Lipinski definition) is 1. The van der Waals surface area contributed by atoms with Crippen molar-refractivity contribution in [3.63, 3.8) is 0 Å². The van der Waals surface area contributed by atoms with Gasteiger partial charge in [0.15, 0.2) is 6.61 Å². The van der Waals surface area contributed by atoms with Crippen molar-refractivity contribution in [3.05, 3.63) is 96.9 Å². The highest BCUT2D eigenvalue weighted by Crippen LogP contribution is 2.18. The molecular formula is C21H17ClFN3O5. The van der Waals surface area contributed by atoms with Crippen molar-refractivity contribution in [1.29, 1.82) is 0 Å². The molecular weight excluding hydrogens is 429 g/mol. The molecule has 0 saturated carbocycles. The second-order valence-corrected chi connectivity index (χ2v) is 7.01. The summed E-state index contributed by atoms with van der Waals surface area (Å²) in [6, 6.07) is 11.9. The Bertz CT molecular complexity index is 1280. The number of nitrogens with zero attached hydrogens (tertiary/aromatic N) is 2. The molecule has 0 spiro atoms. The van der Waals surface area contributed by atoms with E-state index in [0.29, 0.717) is 0 Å². The predicted molar refractivity (Wildman–Crippen MR) is 112 cm³/mol. The number of anilines is 1. The van der Waals surface area contributed by atoms with E-state index < -0.39 is 41.0 Å². The van der Waals surface area contributed by atoms with Crippen LogP contribution in [0.2, 0.25) is 5.02 Å². The van der Waals surface area contributed by atoms with Gasteiger partial charge in [0.1, 0.15) is 17.2 Å². The smallest absolute Gasteiger partial charge is 0.340 e. The van der Waals surface area contributed by atoms with Gasteiger partial charge in [-0.25, -0.2) is 14.0 Å². The van der Waals surface area contributed by atoms with Crippen LogP contribution in [0.3, 0.4) is 0 Å². The van der Waals surface area contributed by atoms with Crippen LogP contribution < -0.4 is 17.0 Å². The molecule has 160 valence electrons. The van der Waals surface area contributed by atoms with Gasteiger partial charge in [0, 0.05) is 7.05 Å². The van der Waals surface area contributed by atoms with Crippen LogP contribution in [0.25, 0.3) is 0 Å². The van der Waals surface area contributed by atoms with Crippen LogP contribution in [0.5, 0.6) is 0 Å². The van der Waals surface area contributed by atoms with Crippen LogP contribution in [0, 0.1) is 5.82 Å². The number of esters is 1. The molecule has 0 radical (unpaired) electrons. The SMILES string of the molecule is Cn1c(=O)c(C(=O)COC(=O)c2ccc(F)cc2Cl)c(N)n(Cc2ccccc2)c1=O. The summed E-state index contributed by atoms with van der Waals surface area (Å²) >= 11 is 5.81. The minimum atomic E-state index is -0.980. The summed E-state index contributed by atoms with van der Waals surface area (Å²) in [7, 11) is 1.21. The summed E-state index contributed by atoms with van der Waals surface area (Å²) in [6.45, 7) is -0.791. The maximum Gasteiger partial charge on any atom is 0.340 e. The molecule has 0 saturated heterocycles. The third-order valence-corrected chi connectivity index (χ3v) is 4.84. The number of Topliss-reactive ketones (excluding diaryl/α,β-unsaturated/α-hetero) is 1. The molecule has 0 aliphatic rings. The second-order valence-electron chi connectivity index (χ2n) is 6.60. The average Bonchev–Trinajstić information content (AvgIpc) is 2.74. The quantitative estimate of drug-likeness (QED) is 0.458. The van der Waals surface area contributed by atoms with E-state index in [4.69, 9.17) is 22.1 Å². The first kappa shape index (κ1) is 22.0. The van der Waals surface area contributed by atoms with Gasteiger partial charge in [-0.05, 0) is 23.8 Å². The van der Waals surface area contributed by atoms with Gasteiger partial charge in [-0.1, -0.05) is 41.9 Å². The number of ether oxygens (including phenoxy) is 1. The van der Waals surface area contributed by atoms with Crippen molar-refractivity contribution < 1.29 is 18.7 Å². The lowest BCUT2D eigenvalue weighted by molar-refractivity contribution is 0.0474. The van der Waals surface area contributed by atoms with Crippen LogP contribution >= 0.6 is 11.6 Å². The molecule has 2 N–H and O–H groups in total. The average molecular weight is 446 g/mol. The van der Waals surface area contributed by atoms with Crippen molar-refractivity contribution in [2.75, 3.05) is 12.3 Å². The highest BCUT2D eigenvalue weighted by molar-refractivity contribution is 6.33. The Morgan fingerprint density at radius 1 is 1.13 bits per heavy atom. The molecule has 3 aromatic rings. The van der Waals surface area contributed by atoms with E-state index >= 15 is 0 Å². The highest BCUT2D eigenvalue weighted by Gasteiger charge is 2.23. The molecule has 0 unspecified atom stereocenters. The molecule has 0 amide bonds. The Morgan fingerprint density at radius 2 is 1.81 bits per heavy atom. The van der Waals surface area contributed by atoms with E-state index in [1.165, 1.54) is 7.05 Å². The molecule has 1 heterocycles. The third-order valence-electron chi connectivity index (χ3n) is 4.53. The predicted octanol–water partition coefficient (Wildman–Crippen LogP) is 2.01. The van der Waals surface area contributed by atoms with Crippen molar-refractivity contribution in [1.82, 2.24) is 9.13 Å². The molecule has 31 heavy (non-hydrogen) atoms. The summed E-state index contributed by atoms with van der Waals surface area (Å²) in [6.07, 6.45) is 0. The van der Waals surface area contributed by atoms with E-state index in [1.807, 2.05) is 0 Å². The van der Waals surface area contributed by atoms with Crippen LogP contribution in [-0.2, 0) is 18.3 Å². The zero-order valence-electron chi connectivity index (χ0n) is 16.3. The summed E-state index contributed by atoms with van der Waals surface area (Å²) in [5.74, 6) is -2.86. The Morgan fingerprint density at radius 3 is 2.45 bits per heavy atom. The van der Waals surface area contributed by atoms with Crippen molar-refractivity contribution >= 4 is 29.2 Å². The Labute approximate surface area is 180 Å². The van der Waals surface area contributed by atoms with Crippen LogP contribution in [0.4, 0.5) is 10.2 Å². The van der Waals surface area contributed by atoms with Crippen molar-refractivity contribution in [2.45, 2.75) is 6.54 Å². The fourth-order valence-electron chi connectivity index (χ4n) is 2.90. The first-order chi connectivity index (χ1) is 14.7. The first-order valence-electron chi connectivity index (χ1n) is 8.99. The number of rotatable bonds is 6. The van der Waals surface area contributed by atoms with Gasteiger partial charge < -0.3 is 10.5 Å². The number of benzene rings is 2. The lowest BCUT2D eigenvalue weighted by Gasteiger charge is -2.15. The number of nitrogen functional groups attached to an aromatic ring is 1. The molecule has 0 bridgehead atoms. The zero-order chi connectivity index (χ0) is 22.7. The summed E-state index contributed by atoms with van der Waals surface area (Å²) in [5.41, 5.74) is 4.48. The van der Waals surface area contributed by atoms with Gasteiger partial charge in [-0.2, -0.15) is 0 Å². The minimum absolute atomic E-state index is 0.0326. The third kappa shape index (κ3) is 4.56. The molecule has 3 rings (SSSR count). The summed E-state index contributed by atoms with van der Waals surface area (Å²) < 4.78 is 19.9. The van der Waals surface area contributed by atoms with E-state index in [0.717, 1.165) is 32.9 Å². The van der Waals surface area contributed by atoms with Crippen molar-refractivity contribution in [2.24, 2.45) is 7.05 Å². The van der Waals surface area contributed by atoms with Crippen LogP contribution in [-0.4, -0.2) is 27.5 Å². The number of carbonyl (C=O) groups excluding carboxylic acids is 2. The maximum atomic E-state index is 13.1. The summed E-state index contributed by atoms with van der Waals surface area (Å²) in [4.78, 5) is 49.8. The van der Waals surface area contributed by atoms with E-state index in [-0.39, 0.29) is 22.9 Å². The number of nitrogens with two attached hydrogens (primary N) is 1. The molecule has 1 aromatic heterocycles. The number of aromatic nitrogens is 2. The topological polar surface area (TPSA) is 113 Å². The summed E-state index contributed by atoms with van der Waals surface area (Å²) in [5, 5.41) is -0.190. The molecule has 10 heteroatoms. The molecule has 8 nitrogen and oxygen atoms in total. The molecule has 0 fully saturated rings. The van der Waals surface area contributed by atoms with Gasteiger partial charge in [-0.3, -0.25) is 18.7 Å². The van der Waals surface area contributed by atoms with E-state index in [2.05, 4.69) is 0 Å². The van der Waals surface area contributed by atoms with Gasteiger partial charge in [0.2, 0.25) is 5.78 Å². The molecule has 2 aromatic carbocycles. The van der Waals surface area contributed by atoms with Gasteiger partial charge in [0.05, 0.1) is 17.1 Å². The number of carbonyl (C=O) groups is 2.